The number of nitrogens with zero attached hydrogens (tertiary/aromatic N) is 2. The number of imidazole rings is 1. The van der Waals surface area contributed by atoms with Crippen molar-refractivity contribution in [3.63, 3.8) is 0 Å². The van der Waals surface area contributed by atoms with Crippen LogP contribution in [0.1, 0.15) is 5.82 Å². The van der Waals surface area contributed by atoms with Crippen molar-refractivity contribution in [2.45, 2.75) is 6.54 Å². The summed E-state index contributed by atoms with van der Waals surface area (Å²) in [6, 6.07) is 4.22. The van der Waals surface area contributed by atoms with Gasteiger partial charge in [0.1, 0.15) is 11.6 Å². The third-order valence-corrected chi connectivity index (χ3v) is 2.62. The Morgan fingerprint density at radius 3 is 3.00 bits per heavy atom. The number of hydrogen-bond donors (Lipinski definition) is 1. The molecule has 0 radical (unpaired) electrons. The molecule has 0 spiro atoms. The molecule has 1 N–H and O–H groups in total. The smallest absolute Gasteiger partial charge is 0.127 e. The molecule has 0 aliphatic carbocycles. The standard InChI is InChI=1S/C11H11ClFN3/c1-16-5-4-14-11(16)7-15-10-6-8(13)2-3-9(10)12/h2-6,15H,7H2,1H3. The molecule has 0 fully saturated rings. The topological polar surface area (TPSA) is 29.9 Å². The van der Waals surface area contributed by atoms with Crippen molar-refractivity contribution >= 4 is 17.3 Å². The van der Waals surface area contributed by atoms with Crippen molar-refractivity contribution in [1.82, 2.24) is 9.55 Å². The fourth-order valence-electron chi connectivity index (χ4n) is 1.37. The van der Waals surface area contributed by atoms with Gasteiger partial charge < -0.3 is 9.88 Å². The quantitative estimate of drug-likeness (QED) is 0.893. The van der Waals surface area contributed by atoms with Crippen LogP contribution < -0.4 is 5.32 Å². The summed E-state index contributed by atoms with van der Waals surface area (Å²) in [7, 11) is 1.90. The van der Waals surface area contributed by atoms with Gasteiger partial charge in [0.2, 0.25) is 0 Å². The third-order valence-electron chi connectivity index (χ3n) is 2.29. The number of rotatable bonds is 3. The van der Waals surface area contributed by atoms with E-state index in [1.807, 2.05) is 17.8 Å². The molecule has 1 aromatic heterocycles. The molecule has 5 heteroatoms. The molecular formula is C11H11ClFN3. The van der Waals surface area contributed by atoms with Gasteiger partial charge in [-0.3, -0.25) is 0 Å². The summed E-state index contributed by atoms with van der Waals surface area (Å²) < 4.78 is 14.9. The molecule has 3 nitrogen and oxygen atoms in total. The van der Waals surface area contributed by atoms with E-state index in [2.05, 4.69) is 10.3 Å². The van der Waals surface area contributed by atoms with Crippen molar-refractivity contribution in [3.05, 3.63) is 47.3 Å². The number of anilines is 1. The molecule has 1 heterocycles. The van der Waals surface area contributed by atoms with E-state index in [1.165, 1.54) is 18.2 Å². The first kappa shape index (κ1) is 11.0. The molecule has 0 aliphatic heterocycles. The van der Waals surface area contributed by atoms with Gasteiger partial charge in [-0.1, -0.05) is 11.6 Å². The summed E-state index contributed by atoms with van der Waals surface area (Å²) in [5.74, 6) is 0.548. The van der Waals surface area contributed by atoms with Gasteiger partial charge in [-0.2, -0.15) is 0 Å². The Hall–Kier alpha value is -1.55. The Morgan fingerprint density at radius 2 is 2.31 bits per heavy atom. The first-order valence-corrected chi connectivity index (χ1v) is 5.20. The molecule has 0 unspecified atom stereocenters. The molecule has 1 aromatic carbocycles. The Labute approximate surface area is 97.9 Å². The number of benzene rings is 1. The van der Waals surface area contributed by atoms with Crippen molar-refractivity contribution in [2.75, 3.05) is 5.32 Å². The van der Waals surface area contributed by atoms with Crippen LogP contribution in [-0.4, -0.2) is 9.55 Å². The Morgan fingerprint density at radius 1 is 1.50 bits per heavy atom. The second-order valence-electron chi connectivity index (χ2n) is 3.43. The minimum atomic E-state index is -0.313. The minimum Gasteiger partial charge on any atom is -0.377 e. The number of halogens is 2. The van der Waals surface area contributed by atoms with Gasteiger partial charge >= 0.3 is 0 Å². The average molecular weight is 240 g/mol. The zero-order valence-electron chi connectivity index (χ0n) is 8.74. The maximum absolute atomic E-state index is 13.0. The summed E-state index contributed by atoms with van der Waals surface area (Å²) in [6.45, 7) is 0.507. The number of nitrogens with one attached hydrogen (secondary N) is 1. The predicted octanol–water partition coefficient (Wildman–Crippen LogP) is 2.82. The van der Waals surface area contributed by atoms with Gasteiger partial charge in [-0.05, 0) is 18.2 Å². The van der Waals surface area contributed by atoms with Gasteiger partial charge in [0.05, 0.1) is 17.3 Å². The van der Waals surface area contributed by atoms with Crippen LogP contribution in [0.3, 0.4) is 0 Å². The first-order valence-electron chi connectivity index (χ1n) is 4.82. The van der Waals surface area contributed by atoms with Crippen LogP contribution >= 0.6 is 11.6 Å². The molecule has 0 amide bonds. The van der Waals surface area contributed by atoms with E-state index in [4.69, 9.17) is 11.6 Å². The predicted molar refractivity (Wildman–Crippen MR) is 61.9 cm³/mol. The highest BCUT2D eigenvalue weighted by Crippen LogP contribution is 2.22. The van der Waals surface area contributed by atoms with Crippen LogP contribution in [0.15, 0.2) is 30.6 Å². The number of aryl methyl sites for hydroxylation is 1. The fourth-order valence-corrected chi connectivity index (χ4v) is 1.56. The molecule has 0 bridgehead atoms. The van der Waals surface area contributed by atoms with Gasteiger partial charge in [0.25, 0.3) is 0 Å². The monoisotopic (exact) mass is 239 g/mol. The molecule has 0 aliphatic rings. The molecule has 16 heavy (non-hydrogen) atoms. The van der Waals surface area contributed by atoms with Crippen LogP contribution in [0.4, 0.5) is 10.1 Å². The van der Waals surface area contributed by atoms with Crippen LogP contribution in [0, 0.1) is 5.82 Å². The zero-order chi connectivity index (χ0) is 11.5. The highest BCUT2D eigenvalue weighted by Gasteiger charge is 2.03. The van der Waals surface area contributed by atoms with E-state index >= 15 is 0 Å². The molecular weight excluding hydrogens is 229 g/mol. The maximum atomic E-state index is 13.0. The van der Waals surface area contributed by atoms with Crippen molar-refractivity contribution in [1.29, 1.82) is 0 Å². The summed E-state index contributed by atoms with van der Waals surface area (Å²) >= 11 is 5.92. The lowest BCUT2D eigenvalue weighted by molar-refractivity contribution is 0.628. The minimum absolute atomic E-state index is 0.313. The summed E-state index contributed by atoms with van der Waals surface area (Å²) in [5.41, 5.74) is 0.574. The Balaban J connectivity index is 2.10. The van der Waals surface area contributed by atoms with E-state index in [-0.39, 0.29) is 5.82 Å². The molecule has 2 aromatic rings. The molecule has 0 saturated heterocycles. The molecule has 0 atom stereocenters. The fraction of sp³-hybridized carbons (Fsp3) is 0.182. The summed E-state index contributed by atoms with van der Waals surface area (Å²) in [6.07, 6.45) is 3.56. The summed E-state index contributed by atoms with van der Waals surface area (Å²) in [5, 5.41) is 3.54. The van der Waals surface area contributed by atoms with Gasteiger partial charge in [0.15, 0.2) is 0 Å². The highest BCUT2D eigenvalue weighted by molar-refractivity contribution is 6.33. The lowest BCUT2D eigenvalue weighted by Gasteiger charge is -2.08. The highest BCUT2D eigenvalue weighted by atomic mass is 35.5. The SMILES string of the molecule is Cn1ccnc1CNc1cc(F)ccc1Cl. The third kappa shape index (κ3) is 2.33. The van der Waals surface area contributed by atoms with E-state index in [1.54, 1.807) is 6.20 Å². The van der Waals surface area contributed by atoms with Crippen LogP contribution in [-0.2, 0) is 13.6 Å². The van der Waals surface area contributed by atoms with Gasteiger partial charge in [0, 0.05) is 19.4 Å². The maximum Gasteiger partial charge on any atom is 0.127 e. The van der Waals surface area contributed by atoms with E-state index in [9.17, 15) is 4.39 Å². The second-order valence-corrected chi connectivity index (χ2v) is 3.84. The van der Waals surface area contributed by atoms with E-state index in [0.717, 1.165) is 5.82 Å². The number of aromatic nitrogens is 2. The normalized spacial score (nSPS) is 10.4. The Kier molecular flexibility index (Phi) is 3.10. The first-order chi connectivity index (χ1) is 7.66. The summed E-state index contributed by atoms with van der Waals surface area (Å²) in [4.78, 5) is 4.15. The molecule has 0 saturated carbocycles. The average Bonchev–Trinajstić information content (AvgIpc) is 2.66. The number of hydrogen-bond acceptors (Lipinski definition) is 2. The van der Waals surface area contributed by atoms with Crippen molar-refractivity contribution < 1.29 is 4.39 Å². The van der Waals surface area contributed by atoms with Crippen LogP contribution in [0.2, 0.25) is 5.02 Å². The van der Waals surface area contributed by atoms with Crippen molar-refractivity contribution in [3.8, 4) is 0 Å². The van der Waals surface area contributed by atoms with Gasteiger partial charge in [-0.25, -0.2) is 9.37 Å². The van der Waals surface area contributed by atoms with E-state index < -0.39 is 0 Å². The Bertz CT molecular complexity index is 496. The van der Waals surface area contributed by atoms with Crippen LogP contribution in [0.5, 0.6) is 0 Å². The van der Waals surface area contributed by atoms with Crippen LogP contribution in [0.25, 0.3) is 0 Å². The van der Waals surface area contributed by atoms with Crippen molar-refractivity contribution in [2.24, 2.45) is 7.05 Å². The molecule has 84 valence electrons. The largest absolute Gasteiger partial charge is 0.377 e. The van der Waals surface area contributed by atoms with E-state index in [0.29, 0.717) is 17.3 Å². The second kappa shape index (κ2) is 4.53. The lowest BCUT2D eigenvalue weighted by atomic mass is 10.3. The zero-order valence-corrected chi connectivity index (χ0v) is 9.50. The molecule has 2 rings (SSSR count). The van der Waals surface area contributed by atoms with Gasteiger partial charge in [-0.15, -0.1) is 0 Å². The lowest BCUT2D eigenvalue weighted by Crippen LogP contribution is -2.06.